The van der Waals surface area contributed by atoms with Gasteiger partial charge in [-0.2, -0.15) is 0 Å². The molecule has 0 bridgehead atoms. The summed E-state index contributed by atoms with van der Waals surface area (Å²) in [7, 11) is -2.92. The van der Waals surface area contributed by atoms with Crippen molar-refractivity contribution in [3.8, 4) is 0 Å². The van der Waals surface area contributed by atoms with Crippen LogP contribution < -0.4 is 9.75 Å². The fraction of sp³-hybridized carbons (Fsp3) is 0.333. The number of hydrogen-bond acceptors (Lipinski definition) is 1. The minimum Gasteiger partial charge on any atom is -0.370 e. The number of benzene rings is 2. The maximum atomic E-state index is 3.23. The summed E-state index contributed by atoms with van der Waals surface area (Å²) in [6, 6.07) is 20.6. The van der Waals surface area contributed by atoms with Crippen molar-refractivity contribution in [2.24, 2.45) is 0 Å². The lowest BCUT2D eigenvalue weighted by Gasteiger charge is -2.39. The van der Waals surface area contributed by atoms with Crippen LogP contribution in [0, 0.1) is 6.07 Å². The summed E-state index contributed by atoms with van der Waals surface area (Å²) in [5.74, 6) is 0. The Morgan fingerprint density at radius 2 is 1.52 bits per heavy atom. The minimum absolute atomic E-state index is 1.27. The Hall–Kier alpha value is -1.33. The predicted octanol–water partition coefficient (Wildman–Crippen LogP) is 5.00. The Morgan fingerprint density at radius 1 is 0.857 bits per heavy atom. The van der Waals surface area contributed by atoms with E-state index in [9.17, 15) is 0 Å². The lowest BCUT2D eigenvalue weighted by atomic mass is 10.2. The smallest absolute Gasteiger partial charge is 0.153 e. The summed E-state index contributed by atoms with van der Waals surface area (Å²) in [4.78, 5) is 0. The van der Waals surface area contributed by atoms with Crippen molar-refractivity contribution in [3.05, 3.63) is 54.6 Å². The molecule has 0 aliphatic heterocycles. The molecule has 0 N–H and O–H groups in total. The van der Waals surface area contributed by atoms with E-state index >= 15 is 0 Å². The largest absolute Gasteiger partial charge is 0.370 e. The quantitative estimate of drug-likeness (QED) is 0.718. The third kappa shape index (κ3) is 3.66. The van der Waals surface area contributed by atoms with Crippen molar-refractivity contribution < 1.29 is 0 Å². The van der Waals surface area contributed by atoms with E-state index in [0.29, 0.717) is 0 Å². The molecule has 21 heavy (non-hydrogen) atoms. The van der Waals surface area contributed by atoms with E-state index in [1.807, 2.05) is 6.07 Å². The average Bonchev–Trinajstić information content (AvgIpc) is 2.38. The highest BCUT2D eigenvalue weighted by Crippen LogP contribution is 2.31. The van der Waals surface area contributed by atoms with Gasteiger partial charge in [-0.05, 0) is 29.5 Å². The Bertz CT molecular complexity index is 595. The van der Waals surface area contributed by atoms with Crippen LogP contribution in [0.3, 0.4) is 0 Å². The molecule has 2 rings (SSSR count). The molecule has 0 aliphatic rings. The summed E-state index contributed by atoms with van der Waals surface area (Å²) >= 11 is 0. The Balaban J connectivity index is 2.65. The molecule has 111 valence electrons. The lowest BCUT2D eigenvalue weighted by Crippen LogP contribution is -2.49. The second kappa shape index (κ2) is 5.81. The molecule has 2 aromatic carbocycles. The molecule has 0 aliphatic carbocycles. The predicted molar refractivity (Wildman–Crippen MR) is 100 cm³/mol. The van der Waals surface area contributed by atoms with E-state index in [0.717, 1.165) is 0 Å². The fourth-order valence-corrected chi connectivity index (χ4v) is 6.22. The molecular weight excluding hydrogens is 286 g/mol. The number of rotatable bonds is 4. The second-order valence-corrected chi connectivity index (χ2v) is 17.4. The second-order valence-electron chi connectivity index (χ2n) is 7.54. The van der Waals surface area contributed by atoms with Crippen molar-refractivity contribution >= 4 is 32.9 Å². The third-order valence-corrected chi connectivity index (χ3v) is 7.45. The highest BCUT2D eigenvalue weighted by molar-refractivity contribution is 6.90. The van der Waals surface area contributed by atoms with Crippen LogP contribution in [0.2, 0.25) is 39.3 Å². The van der Waals surface area contributed by atoms with Gasteiger partial charge in [-0.15, -0.1) is 0 Å². The number of para-hydroxylation sites is 1. The summed E-state index contributed by atoms with van der Waals surface area (Å²) in [5, 5.41) is 1.54. The van der Waals surface area contributed by atoms with Crippen molar-refractivity contribution in [3.63, 3.8) is 0 Å². The monoisotopic (exact) mass is 312 g/mol. The molecular formula is C18H26NSi2. The molecule has 0 saturated carbocycles. The summed E-state index contributed by atoms with van der Waals surface area (Å²) < 4.78 is 2.58. The minimum atomic E-state index is -1.54. The molecule has 0 unspecified atom stereocenters. The molecule has 0 heterocycles. The lowest BCUT2D eigenvalue weighted by molar-refractivity contribution is 1.32. The normalized spacial score (nSPS) is 12.3. The number of anilines is 2. The zero-order valence-corrected chi connectivity index (χ0v) is 16.1. The van der Waals surface area contributed by atoms with Gasteiger partial charge < -0.3 is 4.57 Å². The van der Waals surface area contributed by atoms with Gasteiger partial charge in [-0.3, -0.25) is 0 Å². The summed E-state index contributed by atoms with van der Waals surface area (Å²) in [6.45, 7) is 14.5. The van der Waals surface area contributed by atoms with Crippen LogP contribution in [0.4, 0.5) is 11.4 Å². The molecule has 2 aromatic rings. The van der Waals surface area contributed by atoms with Crippen LogP contribution in [0.25, 0.3) is 0 Å². The van der Waals surface area contributed by atoms with E-state index in [1.165, 1.54) is 16.6 Å². The molecule has 0 atom stereocenters. The van der Waals surface area contributed by atoms with Gasteiger partial charge in [-0.25, -0.2) is 0 Å². The highest BCUT2D eigenvalue weighted by atomic mass is 28.3. The molecule has 0 saturated heterocycles. The first-order valence-corrected chi connectivity index (χ1v) is 14.5. The van der Waals surface area contributed by atoms with Gasteiger partial charge in [0.15, 0.2) is 8.24 Å². The van der Waals surface area contributed by atoms with E-state index in [2.05, 4.69) is 92.4 Å². The Kier molecular flexibility index (Phi) is 4.44. The maximum absolute atomic E-state index is 3.23. The standard InChI is InChI=1S/C18H26NSi2/c1-20(2,3)18-15-11-10-14-17(18)19(21(4,5)6)16-12-8-7-9-13-16/h7-8,10-15H,1-6H3. The molecule has 0 aromatic heterocycles. The van der Waals surface area contributed by atoms with Gasteiger partial charge >= 0.3 is 0 Å². The molecule has 1 radical (unpaired) electrons. The Morgan fingerprint density at radius 3 is 2.05 bits per heavy atom. The number of hydrogen-bond donors (Lipinski definition) is 0. The first-order valence-electron chi connectivity index (χ1n) is 7.57. The molecule has 0 spiro atoms. The van der Waals surface area contributed by atoms with Crippen LogP contribution in [-0.2, 0) is 0 Å². The molecule has 1 nitrogen and oxygen atoms in total. The van der Waals surface area contributed by atoms with E-state index in [-0.39, 0.29) is 0 Å². The highest BCUT2D eigenvalue weighted by Gasteiger charge is 2.30. The zero-order chi connectivity index (χ0) is 15.7. The molecule has 0 fully saturated rings. The van der Waals surface area contributed by atoms with Crippen molar-refractivity contribution in [2.75, 3.05) is 4.57 Å². The maximum Gasteiger partial charge on any atom is 0.153 e. The fourth-order valence-electron chi connectivity index (χ4n) is 2.71. The first kappa shape index (κ1) is 16.1. The Labute approximate surface area is 131 Å². The first-order chi connectivity index (χ1) is 9.71. The van der Waals surface area contributed by atoms with E-state index in [1.54, 1.807) is 0 Å². The van der Waals surface area contributed by atoms with Crippen LogP contribution in [-0.4, -0.2) is 16.3 Å². The van der Waals surface area contributed by atoms with Crippen molar-refractivity contribution in [1.29, 1.82) is 0 Å². The van der Waals surface area contributed by atoms with Crippen molar-refractivity contribution in [1.82, 2.24) is 0 Å². The summed E-state index contributed by atoms with van der Waals surface area (Å²) in [5.41, 5.74) is 2.66. The topological polar surface area (TPSA) is 3.24 Å². The van der Waals surface area contributed by atoms with Gasteiger partial charge in [0.25, 0.3) is 0 Å². The zero-order valence-electron chi connectivity index (χ0n) is 14.1. The SMILES string of the molecule is C[Si](C)(C)c1ccccc1N(c1c[c]ccc1)[Si](C)(C)C. The van der Waals surface area contributed by atoms with Crippen LogP contribution in [0.1, 0.15) is 0 Å². The van der Waals surface area contributed by atoms with Crippen LogP contribution in [0.15, 0.2) is 48.5 Å². The van der Waals surface area contributed by atoms with Crippen LogP contribution >= 0.6 is 0 Å². The number of nitrogens with zero attached hydrogens (tertiary/aromatic N) is 1. The van der Waals surface area contributed by atoms with Crippen molar-refractivity contribution in [2.45, 2.75) is 39.3 Å². The van der Waals surface area contributed by atoms with E-state index in [4.69, 9.17) is 0 Å². The molecule has 3 heteroatoms. The third-order valence-electron chi connectivity index (χ3n) is 3.57. The van der Waals surface area contributed by atoms with Gasteiger partial charge in [-0.1, -0.05) is 69.6 Å². The van der Waals surface area contributed by atoms with Crippen LogP contribution in [0.5, 0.6) is 0 Å². The van der Waals surface area contributed by atoms with Gasteiger partial charge in [0.05, 0.1) is 8.07 Å². The van der Waals surface area contributed by atoms with E-state index < -0.39 is 16.3 Å². The summed E-state index contributed by atoms with van der Waals surface area (Å²) in [6.07, 6.45) is 0. The van der Waals surface area contributed by atoms with Gasteiger partial charge in [0.1, 0.15) is 0 Å². The van der Waals surface area contributed by atoms with Gasteiger partial charge in [0, 0.05) is 11.4 Å². The molecule has 0 amide bonds. The van der Waals surface area contributed by atoms with Gasteiger partial charge in [0.2, 0.25) is 0 Å². The average molecular weight is 313 g/mol.